The quantitative estimate of drug-likeness (QED) is 0.742. The smallest absolute Gasteiger partial charge is 0.243 e. The lowest BCUT2D eigenvalue weighted by Gasteiger charge is -2.31. The Labute approximate surface area is 167 Å². The number of sulfonamides is 1. The summed E-state index contributed by atoms with van der Waals surface area (Å²) in [7, 11) is -2.56. The first-order valence-electron chi connectivity index (χ1n) is 8.20. The minimum Gasteiger partial charge on any atom is -0.308 e. The lowest BCUT2D eigenvalue weighted by atomic mass is 10.0. The van der Waals surface area contributed by atoms with Crippen LogP contribution in [0.5, 0.6) is 0 Å². The highest BCUT2D eigenvalue weighted by Crippen LogP contribution is 2.33. The standard InChI is InChI=1S/C18H17Cl2FN2O3S/c1-22(27(25,26)15-6-4-13(19)5-7-15)11-17(24)23-8-2-3-12-9-14(20)10-16(21)18(12)23/h4-7,9-10H,2-3,8,11H2,1H3. The number of fused-ring (bicyclic) bond motifs is 1. The Morgan fingerprint density at radius 1 is 1.19 bits per heavy atom. The number of amides is 1. The van der Waals surface area contributed by atoms with E-state index in [0.29, 0.717) is 30.0 Å². The maximum Gasteiger partial charge on any atom is 0.243 e. The first-order valence-corrected chi connectivity index (χ1v) is 10.4. The summed E-state index contributed by atoms with van der Waals surface area (Å²) >= 11 is 11.7. The molecule has 0 unspecified atom stereocenters. The van der Waals surface area contributed by atoms with E-state index in [1.54, 1.807) is 6.07 Å². The van der Waals surface area contributed by atoms with Gasteiger partial charge in [-0.15, -0.1) is 0 Å². The molecule has 5 nitrogen and oxygen atoms in total. The van der Waals surface area contributed by atoms with Gasteiger partial charge in [0.2, 0.25) is 15.9 Å². The van der Waals surface area contributed by atoms with Crippen LogP contribution in [0.1, 0.15) is 12.0 Å². The zero-order valence-corrected chi connectivity index (χ0v) is 16.8. The Balaban J connectivity index is 1.83. The molecule has 2 aromatic rings. The van der Waals surface area contributed by atoms with E-state index in [0.717, 1.165) is 10.4 Å². The molecule has 0 bridgehead atoms. The predicted octanol–water partition coefficient (Wildman–Crippen LogP) is 3.73. The summed E-state index contributed by atoms with van der Waals surface area (Å²) in [6, 6.07) is 8.45. The van der Waals surface area contributed by atoms with Crippen LogP contribution in [-0.2, 0) is 21.2 Å². The Hall–Kier alpha value is -1.67. The third-order valence-electron chi connectivity index (χ3n) is 4.39. The maximum absolute atomic E-state index is 14.4. The zero-order valence-electron chi connectivity index (χ0n) is 14.5. The van der Waals surface area contributed by atoms with E-state index in [1.807, 2.05) is 0 Å². The lowest BCUT2D eigenvalue weighted by molar-refractivity contribution is -0.118. The van der Waals surface area contributed by atoms with E-state index in [1.165, 1.54) is 36.2 Å². The van der Waals surface area contributed by atoms with Crippen molar-refractivity contribution < 1.29 is 17.6 Å². The molecule has 1 aliphatic rings. The van der Waals surface area contributed by atoms with Gasteiger partial charge in [-0.1, -0.05) is 23.2 Å². The van der Waals surface area contributed by atoms with E-state index in [2.05, 4.69) is 0 Å². The summed E-state index contributed by atoms with van der Waals surface area (Å²) in [5.41, 5.74) is 0.816. The van der Waals surface area contributed by atoms with Crippen molar-refractivity contribution >= 4 is 44.8 Å². The summed E-state index contributed by atoms with van der Waals surface area (Å²) in [5, 5.41) is 0.676. The van der Waals surface area contributed by atoms with E-state index < -0.39 is 28.3 Å². The molecule has 1 amide bonds. The van der Waals surface area contributed by atoms with Crippen molar-refractivity contribution in [2.45, 2.75) is 17.7 Å². The Morgan fingerprint density at radius 3 is 2.52 bits per heavy atom. The minimum absolute atomic E-state index is 0.0270. The third-order valence-corrected chi connectivity index (χ3v) is 6.67. The van der Waals surface area contributed by atoms with Gasteiger partial charge in [0, 0.05) is 23.6 Å². The zero-order chi connectivity index (χ0) is 19.8. The van der Waals surface area contributed by atoms with Crippen molar-refractivity contribution in [2.75, 3.05) is 25.0 Å². The number of carbonyl (C=O) groups excluding carboxylic acids is 1. The highest BCUT2D eigenvalue weighted by molar-refractivity contribution is 7.89. The molecule has 9 heteroatoms. The van der Waals surface area contributed by atoms with Crippen molar-refractivity contribution in [3.05, 3.63) is 57.8 Å². The van der Waals surface area contributed by atoms with Crippen LogP contribution < -0.4 is 4.90 Å². The van der Waals surface area contributed by atoms with Crippen molar-refractivity contribution in [3.63, 3.8) is 0 Å². The average molecular weight is 431 g/mol. The highest BCUT2D eigenvalue weighted by Gasteiger charge is 2.30. The van der Waals surface area contributed by atoms with Crippen LogP contribution in [0.25, 0.3) is 0 Å². The summed E-state index contributed by atoms with van der Waals surface area (Å²) in [6.45, 7) is -0.0916. The molecular formula is C18H17Cl2FN2O3S. The van der Waals surface area contributed by atoms with Gasteiger partial charge in [0.15, 0.2) is 0 Å². The number of likely N-dealkylation sites (N-methyl/N-ethyl adjacent to an activating group) is 1. The molecule has 0 N–H and O–H groups in total. The molecular weight excluding hydrogens is 414 g/mol. The highest BCUT2D eigenvalue weighted by atomic mass is 35.5. The normalized spacial score (nSPS) is 14.3. The molecule has 2 aromatic carbocycles. The minimum atomic E-state index is -3.87. The summed E-state index contributed by atoms with van der Waals surface area (Å²) in [6.07, 6.45) is 1.25. The van der Waals surface area contributed by atoms with Crippen LogP contribution in [0.2, 0.25) is 10.0 Å². The van der Waals surface area contributed by atoms with Crippen molar-refractivity contribution in [3.8, 4) is 0 Å². The third kappa shape index (κ3) is 4.11. The van der Waals surface area contributed by atoms with Crippen molar-refractivity contribution in [2.24, 2.45) is 0 Å². The van der Waals surface area contributed by atoms with E-state index in [4.69, 9.17) is 23.2 Å². The number of rotatable bonds is 4. The van der Waals surface area contributed by atoms with Gasteiger partial charge in [-0.3, -0.25) is 4.79 Å². The fourth-order valence-electron chi connectivity index (χ4n) is 3.05. The molecule has 0 atom stereocenters. The molecule has 0 saturated carbocycles. The number of aryl methyl sites for hydroxylation is 1. The van der Waals surface area contributed by atoms with Gasteiger partial charge >= 0.3 is 0 Å². The van der Waals surface area contributed by atoms with Crippen LogP contribution in [0.3, 0.4) is 0 Å². The number of hydrogen-bond donors (Lipinski definition) is 0. The Kier molecular flexibility index (Phi) is 5.76. The Morgan fingerprint density at radius 2 is 1.85 bits per heavy atom. The molecule has 144 valence electrons. The Bertz CT molecular complexity index is 981. The van der Waals surface area contributed by atoms with Crippen LogP contribution >= 0.6 is 23.2 Å². The van der Waals surface area contributed by atoms with Gasteiger partial charge in [0.25, 0.3) is 0 Å². The fraction of sp³-hybridized carbons (Fsp3) is 0.278. The van der Waals surface area contributed by atoms with Gasteiger partial charge in [-0.05, 0) is 54.8 Å². The van der Waals surface area contributed by atoms with Crippen LogP contribution in [0.4, 0.5) is 10.1 Å². The first-order chi connectivity index (χ1) is 12.7. The predicted molar refractivity (Wildman–Crippen MR) is 103 cm³/mol. The molecule has 3 rings (SSSR count). The van der Waals surface area contributed by atoms with Crippen molar-refractivity contribution in [1.82, 2.24) is 4.31 Å². The fourth-order valence-corrected chi connectivity index (χ4v) is 4.52. The molecule has 27 heavy (non-hydrogen) atoms. The second-order valence-electron chi connectivity index (χ2n) is 6.26. The number of anilines is 1. The SMILES string of the molecule is CN(CC(=O)N1CCCc2cc(Cl)cc(F)c21)S(=O)(=O)c1ccc(Cl)cc1. The summed E-state index contributed by atoms with van der Waals surface area (Å²) in [4.78, 5) is 14.1. The monoisotopic (exact) mass is 430 g/mol. The number of benzene rings is 2. The molecule has 0 fully saturated rings. The van der Waals surface area contributed by atoms with Crippen LogP contribution in [0.15, 0.2) is 41.3 Å². The summed E-state index contributed by atoms with van der Waals surface area (Å²) in [5.74, 6) is -1.09. The van der Waals surface area contributed by atoms with E-state index in [9.17, 15) is 17.6 Å². The van der Waals surface area contributed by atoms with Gasteiger partial charge in [-0.25, -0.2) is 12.8 Å². The summed E-state index contributed by atoms with van der Waals surface area (Å²) < 4.78 is 40.6. The number of carbonyl (C=O) groups is 1. The average Bonchev–Trinajstić information content (AvgIpc) is 2.61. The number of halogens is 3. The van der Waals surface area contributed by atoms with E-state index >= 15 is 0 Å². The molecule has 0 saturated heterocycles. The molecule has 0 spiro atoms. The molecule has 0 radical (unpaired) electrons. The van der Waals surface area contributed by atoms with Crippen molar-refractivity contribution in [1.29, 1.82) is 0 Å². The van der Waals surface area contributed by atoms with E-state index in [-0.39, 0.29) is 15.6 Å². The van der Waals surface area contributed by atoms with Crippen LogP contribution in [-0.4, -0.2) is 38.8 Å². The molecule has 0 aromatic heterocycles. The molecule has 1 heterocycles. The lowest BCUT2D eigenvalue weighted by Crippen LogP contribution is -2.43. The van der Waals surface area contributed by atoms with Gasteiger partial charge < -0.3 is 4.90 Å². The van der Waals surface area contributed by atoms with Gasteiger partial charge in [-0.2, -0.15) is 4.31 Å². The van der Waals surface area contributed by atoms with Gasteiger partial charge in [0.05, 0.1) is 17.1 Å². The topological polar surface area (TPSA) is 57.7 Å². The second kappa shape index (κ2) is 7.75. The molecule has 0 aliphatic carbocycles. The number of nitrogens with zero attached hydrogens (tertiary/aromatic N) is 2. The largest absolute Gasteiger partial charge is 0.308 e. The molecule has 1 aliphatic heterocycles. The second-order valence-corrected chi connectivity index (χ2v) is 9.18. The van der Waals surface area contributed by atoms with Crippen LogP contribution in [0, 0.1) is 5.82 Å². The maximum atomic E-state index is 14.4. The first kappa shape index (κ1) is 20.1. The number of hydrogen-bond acceptors (Lipinski definition) is 3. The van der Waals surface area contributed by atoms with Gasteiger partial charge in [0.1, 0.15) is 5.82 Å².